The second-order valence-corrected chi connectivity index (χ2v) is 6.79. The number of benzene rings is 1. The van der Waals surface area contributed by atoms with Crippen LogP contribution in [0, 0.1) is 12.3 Å². The molecule has 0 heterocycles. The number of nitrogens with one attached hydrogen (secondary N) is 1. The molecule has 0 amide bonds. The van der Waals surface area contributed by atoms with Gasteiger partial charge in [-0.3, -0.25) is 9.52 Å². The number of hydrogen-bond acceptors (Lipinski definition) is 4. The summed E-state index contributed by atoms with van der Waals surface area (Å²) in [4.78, 5) is 13.7. The summed E-state index contributed by atoms with van der Waals surface area (Å²) in [6.45, 7) is 0. The molecule has 118 valence electrons. The summed E-state index contributed by atoms with van der Waals surface area (Å²) in [5.74, 6) is 2.16. The monoisotopic (exact) mass is 320 g/mol. The largest absolute Gasteiger partial charge is 0.383 e. The Morgan fingerprint density at radius 2 is 2.14 bits per heavy atom. The van der Waals surface area contributed by atoms with Crippen LogP contribution in [0.4, 0.5) is 5.69 Å². The Morgan fingerprint density at radius 3 is 2.77 bits per heavy atom. The van der Waals surface area contributed by atoms with Crippen LogP contribution >= 0.6 is 0 Å². The highest BCUT2D eigenvalue weighted by Gasteiger charge is 2.11. The number of terminal acetylenes is 1. The fourth-order valence-electron chi connectivity index (χ4n) is 1.64. The SMILES string of the molecule is C#CCCCS(=O)(=O)Nc1cccc(C(=O)C=CN(C)C)c1. The molecule has 0 unspecified atom stereocenters. The van der Waals surface area contributed by atoms with Crippen molar-refractivity contribution < 1.29 is 13.2 Å². The molecule has 0 bridgehead atoms. The average molecular weight is 320 g/mol. The molecule has 5 nitrogen and oxygen atoms in total. The van der Waals surface area contributed by atoms with Gasteiger partial charge in [0.25, 0.3) is 0 Å². The van der Waals surface area contributed by atoms with Gasteiger partial charge < -0.3 is 4.90 Å². The van der Waals surface area contributed by atoms with E-state index in [2.05, 4.69) is 10.6 Å². The minimum Gasteiger partial charge on any atom is -0.383 e. The lowest BCUT2D eigenvalue weighted by Gasteiger charge is -2.08. The second kappa shape index (κ2) is 8.25. The molecule has 0 saturated carbocycles. The molecule has 1 aromatic carbocycles. The molecule has 0 atom stereocenters. The number of ketones is 1. The van der Waals surface area contributed by atoms with Crippen molar-refractivity contribution in [3.63, 3.8) is 0 Å². The summed E-state index contributed by atoms with van der Waals surface area (Å²) >= 11 is 0. The van der Waals surface area contributed by atoms with Gasteiger partial charge in [-0.2, -0.15) is 0 Å². The fourth-order valence-corrected chi connectivity index (χ4v) is 2.76. The smallest absolute Gasteiger partial charge is 0.232 e. The lowest BCUT2D eigenvalue weighted by Crippen LogP contribution is -2.16. The molecule has 22 heavy (non-hydrogen) atoms. The van der Waals surface area contributed by atoms with Crippen LogP contribution in [0.5, 0.6) is 0 Å². The molecule has 6 heteroatoms. The van der Waals surface area contributed by atoms with Crippen molar-refractivity contribution >= 4 is 21.5 Å². The van der Waals surface area contributed by atoms with Crippen LogP contribution in [0.3, 0.4) is 0 Å². The highest BCUT2D eigenvalue weighted by molar-refractivity contribution is 7.92. The standard InChI is InChI=1S/C16H20N2O3S/c1-4-5-6-12-22(20,21)17-15-9-7-8-14(13-15)16(19)10-11-18(2)3/h1,7-11,13,17H,5-6,12H2,2-3H3. The lowest BCUT2D eigenvalue weighted by atomic mass is 10.1. The van der Waals surface area contributed by atoms with E-state index in [1.54, 1.807) is 29.3 Å². The van der Waals surface area contributed by atoms with Crippen molar-refractivity contribution in [2.75, 3.05) is 24.6 Å². The predicted octanol–water partition coefficient (Wildman–Crippen LogP) is 2.10. The van der Waals surface area contributed by atoms with Gasteiger partial charge in [-0.15, -0.1) is 12.3 Å². The summed E-state index contributed by atoms with van der Waals surface area (Å²) < 4.78 is 26.2. The number of unbranched alkanes of at least 4 members (excludes halogenated alkanes) is 1. The second-order valence-electron chi connectivity index (χ2n) is 4.95. The minimum absolute atomic E-state index is 0.0457. The van der Waals surface area contributed by atoms with Crippen LogP contribution in [0.15, 0.2) is 36.5 Å². The van der Waals surface area contributed by atoms with E-state index >= 15 is 0 Å². The fraction of sp³-hybridized carbons (Fsp3) is 0.312. The third-order valence-corrected chi connectivity index (χ3v) is 4.05. The van der Waals surface area contributed by atoms with Crippen LogP contribution in [0.1, 0.15) is 23.2 Å². The Hall–Kier alpha value is -2.26. The van der Waals surface area contributed by atoms with Crippen molar-refractivity contribution in [1.29, 1.82) is 0 Å². The van der Waals surface area contributed by atoms with Gasteiger partial charge in [0, 0.05) is 44.0 Å². The Kier molecular flexibility index (Phi) is 6.67. The third-order valence-electron chi connectivity index (χ3n) is 2.68. The molecule has 0 aromatic heterocycles. The number of carbonyl (C=O) groups is 1. The normalized spacial score (nSPS) is 11.1. The molecule has 0 aliphatic carbocycles. The Balaban J connectivity index is 2.80. The van der Waals surface area contributed by atoms with E-state index < -0.39 is 10.0 Å². The van der Waals surface area contributed by atoms with E-state index in [0.717, 1.165) is 0 Å². The maximum Gasteiger partial charge on any atom is 0.232 e. The van der Waals surface area contributed by atoms with Crippen LogP contribution in [-0.2, 0) is 10.0 Å². The van der Waals surface area contributed by atoms with Gasteiger partial charge in [-0.1, -0.05) is 12.1 Å². The average Bonchev–Trinajstić information content (AvgIpc) is 2.44. The van der Waals surface area contributed by atoms with Crippen LogP contribution in [0.25, 0.3) is 0 Å². The van der Waals surface area contributed by atoms with Gasteiger partial charge >= 0.3 is 0 Å². The van der Waals surface area contributed by atoms with E-state index in [4.69, 9.17) is 6.42 Å². The van der Waals surface area contributed by atoms with Gasteiger partial charge in [0.1, 0.15) is 0 Å². The molecule has 1 aromatic rings. The highest BCUT2D eigenvalue weighted by Crippen LogP contribution is 2.14. The van der Waals surface area contributed by atoms with E-state index in [0.29, 0.717) is 24.1 Å². The summed E-state index contributed by atoms with van der Waals surface area (Å²) in [5.41, 5.74) is 0.784. The molecule has 1 N–H and O–H groups in total. The Morgan fingerprint density at radius 1 is 1.41 bits per heavy atom. The first kappa shape index (κ1) is 17.8. The molecule has 0 saturated heterocycles. The van der Waals surface area contributed by atoms with Crippen LogP contribution in [0.2, 0.25) is 0 Å². The number of nitrogens with zero attached hydrogens (tertiary/aromatic N) is 1. The quantitative estimate of drug-likeness (QED) is 0.345. The van der Waals surface area contributed by atoms with Crippen LogP contribution < -0.4 is 4.72 Å². The lowest BCUT2D eigenvalue weighted by molar-refractivity contribution is 0.104. The number of rotatable bonds is 8. The zero-order valence-corrected chi connectivity index (χ0v) is 13.6. The Labute approximate surface area is 132 Å². The first-order chi connectivity index (χ1) is 10.3. The van der Waals surface area contributed by atoms with Crippen molar-refractivity contribution in [2.45, 2.75) is 12.8 Å². The van der Waals surface area contributed by atoms with Crippen molar-refractivity contribution in [1.82, 2.24) is 4.90 Å². The molecule has 0 aliphatic heterocycles. The summed E-state index contributed by atoms with van der Waals surface area (Å²) in [5, 5.41) is 0. The van der Waals surface area contributed by atoms with Crippen molar-refractivity contribution in [3.8, 4) is 12.3 Å². The van der Waals surface area contributed by atoms with E-state index in [9.17, 15) is 13.2 Å². The van der Waals surface area contributed by atoms with Gasteiger partial charge in [0.05, 0.1) is 5.75 Å². The minimum atomic E-state index is -3.46. The summed E-state index contributed by atoms with van der Waals surface area (Å²) in [6.07, 6.45) is 8.98. The Bertz CT molecular complexity index is 686. The van der Waals surface area contributed by atoms with Gasteiger partial charge in [0.2, 0.25) is 10.0 Å². The van der Waals surface area contributed by atoms with E-state index in [1.807, 2.05) is 14.1 Å². The van der Waals surface area contributed by atoms with Crippen LogP contribution in [-0.4, -0.2) is 38.9 Å². The zero-order valence-electron chi connectivity index (χ0n) is 12.7. The number of anilines is 1. The summed E-state index contributed by atoms with van der Waals surface area (Å²) in [7, 11) is 0.162. The van der Waals surface area contributed by atoms with Crippen molar-refractivity contribution in [3.05, 3.63) is 42.1 Å². The van der Waals surface area contributed by atoms with E-state index in [1.165, 1.54) is 12.1 Å². The van der Waals surface area contributed by atoms with Crippen molar-refractivity contribution in [2.24, 2.45) is 0 Å². The maximum absolute atomic E-state index is 12.0. The first-order valence-electron chi connectivity index (χ1n) is 6.77. The van der Waals surface area contributed by atoms with E-state index in [-0.39, 0.29) is 11.5 Å². The third kappa shape index (κ3) is 6.46. The molecule has 0 radical (unpaired) electrons. The molecule has 1 rings (SSSR count). The molecular weight excluding hydrogens is 300 g/mol. The number of allylic oxidation sites excluding steroid dienone is 1. The maximum atomic E-state index is 12.0. The van der Waals surface area contributed by atoms with Gasteiger partial charge in [-0.25, -0.2) is 8.42 Å². The molecule has 0 spiro atoms. The summed E-state index contributed by atoms with van der Waals surface area (Å²) in [6, 6.07) is 6.39. The topological polar surface area (TPSA) is 66.5 Å². The molecular formula is C16H20N2O3S. The number of hydrogen-bond donors (Lipinski definition) is 1. The zero-order chi connectivity index (χ0) is 16.6. The highest BCUT2D eigenvalue weighted by atomic mass is 32.2. The van der Waals surface area contributed by atoms with Gasteiger partial charge in [0.15, 0.2) is 5.78 Å². The molecule has 0 aliphatic rings. The first-order valence-corrected chi connectivity index (χ1v) is 8.42. The van der Waals surface area contributed by atoms with Gasteiger partial charge in [-0.05, 0) is 18.6 Å². The predicted molar refractivity (Wildman–Crippen MR) is 89.1 cm³/mol. The molecule has 0 fully saturated rings. The number of sulfonamides is 1. The number of carbonyl (C=O) groups excluding carboxylic acids is 1.